The first-order chi connectivity index (χ1) is 10.1. The summed E-state index contributed by atoms with van der Waals surface area (Å²) in [5.74, 6) is -2.21. The molecule has 2 N–H and O–H groups in total. The Morgan fingerprint density at radius 2 is 1.90 bits per heavy atom. The van der Waals surface area contributed by atoms with Crippen molar-refractivity contribution in [2.45, 2.75) is 6.42 Å². The number of H-pyrrole nitrogens is 1. The van der Waals surface area contributed by atoms with E-state index in [1.165, 1.54) is 6.07 Å². The highest BCUT2D eigenvalue weighted by Crippen LogP contribution is 2.19. The molecule has 2 aromatic carbocycles. The largest absolute Gasteiger partial charge is 0.361 e. The highest BCUT2D eigenvalue weighted by molar-refractivity contribution is 5.95. The number of rotatable bonds is 3. The number of nitrogens with one attached hydrogen (secondary N) is 2. The molecule has 0 fully saturated rings. The molecule has 0 saturated heterocycles. The quantitative estimate of drug-likeness (QED) is 0.758. The maximum Gasteiger partial charge on any atom is 0.228 e. The van der Waals surface area contributed by atoms with Crippen LogP contribution in [0.2, 0.25) is 0 Å². The van der Waals surface area contributed by atoms with E-state index in [0.717, 1.165) is 28.6 Å². The van der Waals surface area contributed by atoms with Gasteiger partial charge in [-0.25, -0.2) is 8.78 Å². The van der Waals surface area contributed by atoms with Gasteiger partial charge in [0.1, 0.15) is 0 Å². The Labute approximate surface area is 119 Å². The maximum atomic E-state index is 13.1. The Balaban J connectivity index is 1.75. The molecule has 1 heterocycles. The van der Waals surface area contributed by atoms with Crippen molar-refractivity contribution in [3.05, 3.63) is 65.9 Å². The number of fused-ring (bicyclic) bond motifs is 1. The van der Waals surface area contributed by atoms with E-state index in [0.29, 0.717) is 0 Å². The molecule has 0 aliphatic rings. The standard InChI is InChI=1S/C16H12F2N2O/c17-13-6-5-11(8-14(13)18)20-16(21)7-10-9-19-15-4-2-1-3-12(10)15/h1-6,8-9,19H,7H2,(H,20,21). The van der Waals surface area contributed by atoms with Crippen LogP contribution in [0.4, 0.5) is 14.5 Å². The molecule has 0 radical (unpaired) electrons. The van der Waals surface area contributed by atoms with Gasteiger partial charge in [0.15, 0.2) is 11.6 Å². The van der Waals surface area contributed by atoms with Crippen molar-refractivity contribution in [1.29, 1.82) is 0 Å². The van der Waals surface area contributed by atoms with Gasteiger partial charge < -0.3 is 10.3 Å². The predicted octanol–water partition coefficient (Wildman–Crippen LogP) is 3.63. The number of hydrogen-bond donors (Lipinski definition) is 2. The molecule has 0 unspecified atom stereocenters. The topological polar surface area (TPSA) is 44.9 Å². The molecule has 0 aliphatic carbocycles. The molecule has 106 valence electrons. The molecule has 0 spiro atoms. The first kappa shape index (κ1) is 13.3. The Morgan fingerprint density at radius 1 is 1.10 bits per heavy atom. The first-order valence-electron chi connectivity index (χ1n) is 6.43. The first-order valence-corrected chi connectivity index (χ1v) is 6.43. The highest BCUT2D eigenvalue weighted by Gasteiger charge is 2.10. The second-order valence-electron chi connectivity index (χ2n) is 4.71. The number of carbonyl (C=O) groups is 1. The number of hydrogen-bond acceptors (Lipinski definition) is 1. The summed E-state index contributed by atoms with van der Waals surface area (Å²) in [5.41, 5.74) is 2.04. The smallest absolute Gasteiger partial charge is 0.228 e. The van der Waals surface area contributed by atoms with Crippen molar-refractivity contribution in [3.63, 3.8) is 0 Å². The van der Waals surface area contributed by atoms with E-state index < -0.39 is 11.6 Å². The number of aromatic nitrogens is 1. The van der Waals surface area contributed by atoms with Crippen LogP contribution in [0.1, 0.15) is 5.56 Å². The van der Waals surface area contributed by atoms with Gasteiger partial charge in [0.05, 0.1) is 6.42 Å². The molecule has 1 aromatic heterocycles. The number of benzene rings is 2. The van der Waals surface area contributed by atoms with Crippen LogP contribution in [0.25, 0.3) is 10.9 Å². The Bertz CT molecular complexity index is 811. The molecule has 0 aliphatic heterocycles. The van der Waals surface area contributed by atoms with Crippen LogP contribution in [-0.2, 0) is 11.2 Å². The monoisotopic (exact) mass is 286 g/mol. The van der Waals surface area contributed by atoms with Crippen molar-refractivity contribution in [1.82, 2.24) is 4.98 Å². The van der Waals surface area contributed by atoms with Crippen LogP contribution in [0.15, 0.2) is 48.7 Å². The minimum Gasteiger partial charge on any atom is -0.361 e. The summed E-state index contributed by atoms with van der Waals surface area (Å²) in [5, 5.41) is 3.52. The Kier molecular flexibility index (Phi) is 3.39. The van der Waals surface area contributed by atoms with Gasteiger partial charge in [-0.1, -0.05) is 18.2 Å². The number of para-hydroxylation sites is 1. The number of aromatic amines is 1. The van der Waals surface area contributed by atoms with Gasteiger partial charge in [-0.2, -0.15) is 0 Å². The van der Waals surface area contributed by atoms with Gasteiger partial charge in [0, 0.05) is 28.9 Å². The van der Waals surface area contributed by atoms with Gasteiger partial charge in [-0.3, -0.25) is 4.79 Å². The van der Waals surface area contributed by atoms with Crippen molar-refractivity contribution in [2.24, 2.45) is 0 Å². The lowest BCUT2D eigenvalue weighted by atomic mass is 10.1. The van der Waals surface area contributed by atoms with E-state index in [2.05, 4.69) is 10.3 Å². The SMILES string of the molecule is O=C(Cc1c[nH]c2ccccc12)Nc1ccc(F)c(F)c1. The van der Waals surface area contributed by atoms with Crippen LogP contribution in [-0.4, -0.2) is 10.9 Å². The number of carbonyl (C=O) groups excluding carboxylic acids is 1. The van der Waals surface area contributed by atoms with Gasteiger partial charge in [-0.05, 0) is 23.8 Å². The minimum absolute atomic E-state index is 0.156. The van der Waals surface area contributed by atoms with E-state index in [1.54, 1.807) is 6.20 Å². The molecule has 3 nitrogen and oxygen atoms in total. The second-order valence-corrected chi connectivity index (χ2v) is 4.71. The van der Waals surface area contributed by atoms with E-state index in [1.807, 2.05) is 24.3 Å². The summed E-state index contributed by atoms with van der Waals surface area (Å²) >= 11 is 0. The molecule has 0 bridgehead atoms. The van der Waals surface area contributed by atoms with Gasteiger partial charge in [0.2, 0.25) is 5.91 Å². The molecule has 1 amide bonds. The van der Waals surface area contributed by atoms with E-state index >= 15 is 0 Å². The lowest BCUT2D eigenvalue weighted by Crippen LogP contribution is -2.14. The molecular formula is C16H12F2N2O. The van der Waals surface area contributed by atoms with Gasteiger partial charge in [-0.15, -0.1) is 0 Å². The summed E-state index contributed by atoms with van der Waals surface area (Å²) < 4.78 is 25.9. The summed E-state index contributed by atoms with van der Waals surface area (Å²) in [6.45, 7) is 0. The molecule has 0 saturated carbocycles. The average molecular weight is 286 g/mol. The Morgan fingerprint density at radius 3 is 2.71 bits per heavy atom. The lowest BCUT2D eigenvalue weighted by Gasteiger charge is -2.05. The van der Waals surface area contributed by atoms with E-state index in [9.17, 15) is 13.6 Å². The molecule has 3 aromatic rings. The van der Waals surface area contributed by atoms with Crippen LogP contribution in [0.3, 0.4) is 0 Å². The summed E-state index contributed by atoms with van der Waals surface area (Å²) in [4.78, 5) is 15.1. The van der Waals surface area contributed by atoms with Crippen LogP contribution < -0.4 is 5.32 Å². The normalized spacial score (nSPS) is 10.8. The highest BCUT2D eigenvalue weighted by atomic mass is 19.2. The van der Waals surface area contributed by atoms with E-state index in [-0.39, 0.29) is 18.0 Å². The molecular weight excluding hydrogens is 274 g/mol. The summed E-state index contributed by atoms with van der Waals surface area (Å²) in [6, 6.07) is 10.9. The number of anilines is 1. The zero-order chi connectivity index (χ0) is 14.8. The van der Waals surface area contributed by atoms with Crippen LogP contribution in [0, 0.1) is 11.6 Å². The predicted molar refractivity (Wildman–Crippen MR) is 77.0 cm³/mol. The zero-order valence-corrected chi connectivity index (χ0v) is 11.0. The summed E-state index contributed by atoms with van der Waals surface area (Å²) in [6.07, 6.45) is 1.93. The third-order valence-corrected chi connectivity index (χ3v) is 3.23. The zero-order valence-electron chi connectivity index (χ0n) is 11.0. The molecule has 3 rings (SSSR count). The summed E-state index contributed by atoms with van der Waals surface area (Å²) in [7, 11) is 0. The van der Waals surface area contributed by atoms with Crippen molar-refractivity contribution in [2.75, 3.05) is 5.32 Å². The molecule has 0 atom stereocenters. The van der Waals surface area contributed by atoms with E-state index in [4.69, 9.17) is 0 Å². The van der Waals surface area contributed by atoms with Crippen molar-refractivity contribution < 1.29 is 13.6 Å². The van der Waals surface area contributed by atoms with Gasteiger partial charge >= 0.3 is 0 Å². The van der Waals surface area contributed by atoms with Gasteiger partial charge in [0.25, 0.3) is 0 Å². The fraction of sp³-hybridized carbons (Fsp3) is 0.0625. The Hall–Kier alpha value is -2.69. The molecule has 21 heavy (non-hydrogen) atoms. The fourth-order valence-electron chi connectivity index (χ4n) is 2.23. The molecule has 5 heteroatoms. The minimum atomic E-state index is -0.986. The third kappa shape index (κ3) is 2.76. The third-order valence-electron chi connectivity index (χ3n) is 3.23. The van der Waals surface area contributed by atoms with Crippen LogP contribution >= 0.6 is 0 Å². The second kappa shape index (κ2) is 5.36. The number of amides is 1. The van der Waals surface area contributed by atoms with Crippen molar-refractivity contribution in [3.8, 4) is 0 Å². The van der Waals surface area contributed by atoms with Crippen LogP contribution in [0.5, 0.6) is 0 Å². The number of halogens is 2. The lowest BCUT2D eigenvalue weighted by molar-refractivity contribution is -0.115. The van der Waals surface area contributed by atoms with Crippen molar-refractivity contribution >= 4 is 22.5 Å². The average Bonchev–Trinajstić information content (AvgIpc) is 2.86. The fourth-order valence-corrected chi connectivity index (χ4v) is 2.23. The maximum absolute atomic E-state index is 13.1.